The number of fused-ring (bicyclic) bond motifs is 1. The Balaban J connectivity index is 1.39. The van der Waals surface area contributed by atoms with Gasteiger partial charge in [0, 0.05) is 17.8 Å². The van der Waals surface area contributed by atoms with Crippen molar-refractivity contribution in [1.82, 2.24) is 10.3 Å². The zero-order chi connectivity index (χ0) is 33.7. The molecule has 1 amide bonds. The predicted octanol–water partition coefficient (Wildman–Crippen LogP) is 3.35. The van der Waals surface area contributed by atoms with Crippen molar-refractivity contribution in [2.24, 2.45) is 11.8 Å². The molecule has 47 heavy (non-hydrogen) atoms. The van der Waals surface area contributed by atoms with E-state index in [1.54, 1.807) is 50.2 Å². The number of rotatable bonds is 9. The molecule has 2 aromatic carbocycles. The smallest absolute Gasteiger partial charge is 0.342 e. The molecule has 0 aliphatic carbocycles. The molecule has 246 valence electrons. The Morgan fingerprint density at radius 3 is 2.43 bits per heavy atom. The largest absolute Gasteiger partial charge is 0.493 e. The van der Waals surface area contributed by atoms with Gasteiger partial charge in [0.15, 0.2) is 29.3 Å². The second-order valence-corrected chi connectivity index (χ2v) is 11.3. The van der Waals surface area contributed by atoms with Gasteiger partial charge in [0.1, 0.15) is 18.6 Å². The van der Waals surface area contributed by atoms with E-state index in [0.29, 0.717) is 11.1 Å². The first kappa shape index (κ1) is 32.9. The van der Waals surface area contributed by atoms with Crippen LogP contribution in [0.25, 0.3) is 0 Å². The van der Waals surface area contributed by atoms with E-state index in [0.717, 1.165) is 5.56 Å². The summed E-state index contributed by atoms with van der Waals surface area (Å²) in [6.07, 6.45) is -2.03. The summed E-state index contributed by atoms with van der Waals surface area (Å²) in [6, 6.07) is 15.6. The maximum Gasteiger partial charge on any atom is 0.342 e. The number of cyclic esters (lactones) is 3. The van der Waals surface area contributed by atoms with Crippen LogP contribution in [0, 0.1) is 11.8 Å². The summed E-state index contributed by atoms with van der Waals surface area (Å²) in [5.41, 5.74) is 1.21. The van der Waals surface area contributed by atoms with Crippen molar-refractivity contribution < 1.29 is 52.4 Å². The van der Waals surface area contributed by atoms with E-state index in [4.69, 9.17) is 28.4 Å². The Morgan fingerprint density at radius 2 is 1.70 bits per heavy atom. The monoisotopic (exact) mass is 646 g/mol. The van der Waals surface area contributed by atoms with Gasteiger partial charge in [-0.15, -0.1) is 0 Å². The molecule has 13 nitrogen and oxygen atoms in total. The first-order valence-corrected chi connectivity index (χ1v) is 15.0. The average molecular weight is 647 g/mol. The quantitative estimate of drug-likeness (QED) is 0.267. The molecule has 5 atom stereocenters. The lowest BCUT2D eigenvalue weighted by atomic mass is 9.91. The molecule has 1 saturated heterocycles. The highest BCUT2D eigenvalue weighted by Gasteiger charge is 2.42. The maximum atomic E-state index is 13.6. The fraction of sp³-hybridized carbons (Fsp3) is 0.353. The van der Waals surface area contributed by atoms with Crippen LogP contribution >= 0.6 is 0 Å². The predicted molar refractivity (Wildman–Crippen MR) is 162 cm³/mol. The van der Waals surface area contributed by atoms with Crippen molar-refractivity contribution in [3.63, 3.8) is 0 Å². The fourth-order valence-electron chi connectivity index (χ4n) is 5.15. The molecule has 1 fully saturated rings. The molecule has 0 bridgehead atoms. The number of hydrogen-bond acceptors (Lipinski definition) is 12. The van der Waals surface area contributed by atoms with E-state index in [-0.39, 0.29) is 23.6 Å². The van der Waals surface area contributed by atoms with Gasteiger partial charge in [0.2, 0.25) is 0 Å². The number of hydrogen-bond donors (Lipinski definition) is 1. The van der Waals surface area contributed by atoms with E-state index in [1.807, 2.05) is 18.2 Å². The summed E-state index contributed by atoms with van der Waals surface area (Å²) in [5.74, 6) is -5.36. The Labute approximate surface area is 270 Å². The molecule has 0 saturated carbocycles. The van der Waals surface area contributed by atoms with E-state index >= 15 is 0 Å². The zero-order valence-corrected chi connectivity index (χ0v) is 26.2. The van der Waals surface area contributed by atoms with Crippen LogP contribution in [0.1, 0.15) is 59.0 Å². The summed E-state index contributed by atoms with van der Waals surface area (Å²) in [4.78, 5) is 69.7. The van der Waals surface area contributed by atoms with Gasteiger partial charge in [-0.05, 0) is 25.0 Å². The number of ether oxygens (including phenoxy) is 6. The van der Waals surface area contributed by atoms with Gasteiger partial charge in [0.25, 0.3) is 12.2 Å². The van der Waals surface area contributed by atoms with Crippen molar-refractivity contribution >= 4 is 29.8 Å². The average Bonchev–Trinajstić information content (AvgIpc) is 3.39. The molecule has 1 N–H and O–H groups in total. The minimum Gasteiger partial charge on any atom is -0.493 e. The van der Waals surface area contributed by atoms with Gasteiger partial charge in [0.05, 0.1) is 18.6 Å². The molecular formula is C34H34N2O11. The van der Waals surface area contributed by atoms with Crippen LogP contribution in [-0.4, -0.2) is 66.7 Å². The summed E-state index contributed by atoms with van der Waals surface area (Å²) < 4.78 is 33.6. The van der Waals surface area contributed by atoms with Gasteiger partial charge in [-0.3, -0.25) is 14.4 Å². The second kappa shape index (κ2) is 14.3. The van der Waals surface area contributed by atoms with Gasteiger partial charge in [-0.25, -0.2) is 14.6 Å². The number of amides is 1. The molecule has 1 aromatic heterocycles. The maximum absolute atomic E-state index is 13.6. The minimum atomic E-state index is -1.48. The Morgan fingerprint density at radius 1 is 0.979 bits per heavy atom. The minimum absolute atomic E-state index is 0.0984. The lowest BCUT2D eigenvalue weighted by molar-refractivity contribution is -0.176. The first-order valence-electron chi connectivity index (χ1n) is 15.0. The van der Waals surface area contributed by atoms with Crippen molar-refractivity contribution in [2.75, 3.05) is 13.7 Å². The van der Waals surface area contributed by atoms with Crippen LogP contribution in [0.2, 0.25) is 0 Å². The fourth-order valence-corrected chi connectivity index (χ4v) is 5.15. The second-order valence-electron chi connectivity index (χ2n) is 11.3. The number of esters is 4. The van der Waals surface area contributed by atoms with Crippen LogP contribution in [0.5, 0.6) is 11.5 Å². The van der Waals surface area contributed by atoms with E-state index < -0.39 is 72.8 Å². The van der Waals surface area contributed by atoms with Crippen LogP contribution in [0.15, 0.2) is 66.9 Å². The molecule has 1 unspecified atom stereocenters. The summed E-state index contributed by atoms with van der Waals surface area (Å²) >= 11 is 0. The van der Waals surface area contributed by atoms with Crippen molar-refractivity contribution in [2.45, 2.75) is 51.7 Å². The summed E-state index contributed by atoms with van der Waals surface area (Å²) in [5, 5.41) is 2.50. The third-order valence-corrected chi connectivity index (χ3v) is 7.65. The third kappa shape index (κ3) is 7.35. The van der Waals surface area contributed by atoms with Crippen molar-refractivity contribution in [1.29, 1.82) is 0 Å². The summed E-state index contributed by atoms with van der Waals surface area (Å²) in [6.45, 7) is 4.20. The van der Waals surface area contributed by atoms with Gasteiger partial charge >= 0.3 is 23.9 Å². The van der Waals surface area contributed by atoms with Crippen LogP contribution < -0.4 is 14.8 Å². The number of carbonyl (C=O) groups excluding carboxylic acids is 5. The molecule has 0 spiro atoms. The zero-order valence-electron chi connectivity index (χ0n) is 26.2. The SMILES string of the molecule is COc1ccnc(C(=O)N[C@H]2COC(=O)[C@H](Cc3ccccc3)[C@@H](OC(=O)C(C)C)[C@H](C)OC2=O)c1OC1OC(=O)c2ccccc21. The lowest BCUT2D eigenvalue weighted by Crippen LogP contribution is -2.47. The van der Waals surface area contributed by atoms with E-state index in [1.165, 1.54) is 26.3 Å². The van der Waals surface area contributed by atoms with E-state index in [2.05, 4.69) is 10.3 Å². The third-order valence-electron chi connectivity index (χ3n) is 7.65. The lowest BCUT2D eigenvalue weighted by Gasteiger charge is -2.29. The van der Waals surface area contributed by atoms with Crippen LogP contribution in [-0.2, 0) is 39.8 Å². The highest BCUT2D eigenvalue weighted by molar-refractivity contribution is 5.98. The Hall–Kier alpha value is -5.46. The molecule has 3 aromatic rings. The highest BCUT2D eigenvalue weighted by atomic mass is 16.7. The van der Waals surface area contributed by atoms with Crippen molar-refractivity contribution in [3.8, 4) is 11.5 Å². The van der Waals surface area contributed by atoms with Gasteiger partial charge < -0.3 is 33.7 Å². The normalized spacial score (nSPS) is 22.4. The number of nitrogens with zero attached hydrogens (tertiary/aromatic N) is 1. The molecule has 3 heterocycles. The van der Waals surface area contributed by atoms with E-state index in [9.17, 15) is 24.0 Å². The molecular weight excluding hydrogens is 612 g/mol. The van der Waals surface area contributed by atoms with Gasteiger partial charge in [-0.2, -0.15) is 0 Å². The molecule has 2 aliphatic rings. The Kier molecular flexibility index (Phi) is 10.0. The van der Waals surface area contributed by atoms with Crippen molar-refractivity contribution in [3.05, 3.63) is 89.2 Å². The highest BCUT2D eigenvalue weighted by Crippen LogP contribution is 2.38. The number of benzene rings is 2. The van der Waals surface area contributed by atoms with Crippen LogP contribution in [0.3, 0.4) is 0 Å². The number of pyridine rings is 1. The van der Waals surface area contributed by atoms with Crippen LogP contribution in [0.4, 0.5) is 0 Å². The summed E-state index contributed by atoms with van der Waals surface area (Å²) in [7, 11) is 1.35. The Bertz CT molecular complexity index is 1660. The number of nitrogens with one attached hydrogen (secondary N) is 1. The number of aromatic nitrogens is 1. The first-order chi connectivity index (χ1) is 22.6. The van der Waals surface area contributed by atoms with Gasteiger partial charge in [-0.1, -0.05) is 62.4 Å². The topological polar surface area (TPSA) is 166 Å². The molecule has 5 rings (SSSR count). The molecule has 13 heteroatoms. The molecule has 0 radical (unpaired) electrons. The number of carbonyl (C=O) groups is 5. The number of methoxy groups -OCH3 is 1. The molecule has 2 aliphatic heterocycles. The standard InChI is InChI=1S/C34H34N2O11/c1-18(2)30(38)45-27-19(3)44-33(41)24(17-43-31(39)23(27)16-20-10-6-5-7-11-20)36-29(37)26-28(25(42-4)14-15-35-26)46-34-22-13-9-8-12-21(22)32(40)47-34/h5-15,18-19,23-24,27,34H,16-17H2,1-4H3,(H,36,37)/t19-,23+,24-,27-,34?/m0/s1.